The number of aliphatic carboxylic acids is 1. The van der Waals surface area contributed by atoms with Gasteiger partial charge in [-0.25, -0.2) is 9.79 Å². The number of rotatable bonds is 13. The smallest absolute Gasteiger partial charge is 0.336 e. The summed E-state index contributed by atoms with van der Waals surface area (Å²) in [4.78, 5) is 25.2. The van der Waals surface area contributed by atoms with Crippen LogP contribution in [0, 0.1) is 11.3 Å². The van der Waals surface area contributed by atoms with Crippen molar-refractivity contribution < 1.29 is 79.8 Å². The van der Waals surface area contributed by atoms with Gasteiger partial charge in [-0.05, 0) is 84.6 Å². The predicted octanol–water partition coefficient (Wildman–Crippen LogP) is 2.10. The Morgan fingerprint density at radius 3 is 2.43 bits per heavy atom. The number of hydrogen-bond acceptors (Lipinski definition) is 16. The van der Waals surface area contributed by atoms with E-state index >= 15 is 0 Å². The SMILES string of the molecule is [NH2+]=C1C=CC(C(O)C(CO)Oc2ccc(C3C=C(O)c4c(cc(OC5OC(C(=O)O)C6(O)C(C7=NC=NC7)C=CC5(O)C6O)c(OC5(c6cccc(O)c6)CCCC56CCCC6)c4O)O3)cc2)=N1. The van der Waals surface area contributed by atoms with Gasteiger partial charge in [0, 0.05) is 23.6 Å². The van der Waals surface area contributed by atoms with Gasteiger partial charge in [0.1, 0.15) is 58.3 Å². The molecule has 7 aliphatic rings. The van der Waals surface area contributed by atoms with Crippen molar-refractivity contribution in [1.29, 1.82) is 0 Å². The number of carboxylic acids is 1. The van der Waals surface area contributed by atoms with E-state index in [9.17, 15) is 50.8 Å². The summed E-state index contributed by atoms with van der Waals surface area (Å²) in [6.45, 7) is -0.545. The number of aliphatic hydroxyl groups excluding tert-OH is 4. The van der Waals surface area contributed by atoms with Crippen molar-refractivity contribution in [3.8, 4) is 34.5 Å². The van der Waals surface area contributed by atoms with Crippen molar-refractivity contribution in [2.75, 3.05) is 13.2 Å². The van der Waals surface area contributed by atoms with E-state index in [-0.39, 0.29) is 58.1 Å². The number of nitrogens with zero attached hydrogens (tertiary/aromatic N) is 3. The fourth-order valence-corrected chi connectivity index (χ4v) is 11.2. The third-order valence-electron chi connectivity index (χ3n) is 14.6. The molecule has 11 N–H and O–H groups in total. The van der Waals surface area contributed by atoms with Crippen LogP contribution in [0.4, 0.5) is 0 Å². The lowest BCUT2D eigenvalue weighted by Crippen LogP contribution is -2.78. The van der Waals surface area contributed by atoms with Crippen LogP contribution in [-0.2, 0) is 15.1 Å². The van der Waals surface area contributed by atoms with E-state index in [4.69, 9.17) is 29.1 Å². The first kappa shape index (κ1) is 45.2. The predicted molar refractivity (Wildman–Crippen MR) is 241 cm³/mol. The zero-order chi connectivity index (χ0) is 47.8. The molecule has 3 aromatic rings. The maximum atomic E-state index is 13.0. The molecule has 2 bridgehead atoms. The highest BCUT2D eigenvalue weighted by atomic mass is 16.7. The molecular weight excluding hydrogens is 885 g/mol. The number of carbonyl (C=O) groups is 1. The molecule has 19 nitrogen and oxygen atoms in total. The van der Waals surface area contributed by atoms with Crippen molar-refractivity contribution in [3.63, 3.8) is 0 Å². The van der Waals surface area contributed by atoms with Crippen LogP contribution in [0.3, 0.4) is 0 Å². The molecule has 3 aliphatic carbocycles. The minimum Gasteiger partial charge on any atom is -0.508 e. The van der Waals surface area contributed by atoms with E-state index in [1.54, 1.807) is 36.4 Å². The van der Waals surface area contributed by atoms with Gasteiger partial charge in [0.15, 0.2) is 41.1 Å². The Hall–Kier alpha value is -6.61. The van der Waals surface area contributed by atoms with E-state index in [1.165, 1.54) is 42.8 Å². The molecule has 68 heavy (non-hydrogen) atoms. The number of benzene rings is 3. The van der Waals surface area contributed by atoms with Gasteiger partial charge >= 0.3 is 11.8 Å². The van der Waals surface area contributed by atoms with Gasteiger partial charge in [-0.1, -0.05) is 43.2 Å². The van der Waals surface area contributed by atoms with Crippen LogP contribution in [0.1, 0.15) is 67.7 Å². The highest BCUT2D eigenvalue weighted by Gasteiger charge is 2.70. The molecule has 4 heterocycles. The number of carboxylic acid groups (broad SMARTS) is 1. The third-order valence-corrected chi connectivity index (χ3v) is 14.6. The average molecular weight is 936 g/mol. The second-order valence-corrected chi connectivity index (χ2v) is 18.4. The van der Waals surface area contributed by atoms with Gasteiger partial charge in [-0.3, -0.25) is 10.4 Å². The molecule has 0 aromatic heterocycles. The Morgan fingerprint density at radius 2 is 1.75 bits per heavy atom. The minimum atomic E-state index is -2.65. The third kappa shape index (κ3) is 7.14. The normalized spacial score (nSPS) is 31.7. The lowest BCUT2D eigenvalue weighted by atomic mass is 9.64. The number of phenols is 2. The lowest BCUT2D eigenvalue weighted by Gasteiger charge is -2.56. The summed E-state index contributed by atoms with van der Waals surface area (Å²) in [5, 5.41) is 108. The van der Waals surface area contributed by atoms with Crippen LogP contribution in [0.2, 0.25) is 0 Å². The number of aromatic hydroxyl groups is 2. The molecule has 3 fully saturated rings. The monoisotopic (exact) mass is 935 g/mol. The van der Waals surface area contributed by atoms with Gasteiger partial charge < -0.3 is 69.6 Å². The van der Waals surface area contributed by atoms with Gasteiger partial charge in [0.05, 0.1) is 24.8 Å². The van der Waals surface area contributed by atoms with Crippen molar-refractivity contribution in [2.45, 2.75) is 98.6 Å². The van der Waals surface area contributed by atoms with Gasteiger partial charge in [0.25, 0.3) is 0 Å². The number of amidine groups is 1. The fraction of sp³-hybridized carbons (Fsp3) is 0.408. The van der Waals surface area contributed by atoms with E-state index in [0.29, 0.717) is 17.5 Å². The summed E-state index contributed by atoms with van der Waals surface area (Å²) in [5.74, 6) is -4.34. The van der Waals surface area contributed by atoms with Crippen LogP contribution in [-0.4, -0.2) is 131 Å². The highest BCUT2D eigenvalue weighted by Crippen LogP contribution is 2.65. The molecule has 356 valence electrons. The molecule has 4 aliphatic heterocycles. The standard InChI is InChI=1S/C49H50N4O15/c50-37-12-11-30(53-37)39(57)36(23-54)64-28-9-7-25(8-10-28)33-20-32(56)38-34(65-33)21-35(41(40(38)58)68-48(26-5-3-6-27(55)19-26)17-4-16-46(48)14-1-2-15-46)66-45-47(62)18-13-29(31-22-51-24-52-31)49(63,44(47)61)42(67-45)43(59)60/h3,5-13,18-21,24,29,33,36,39,42,44-45,50,54-58,61-63H,1-2,4,14-17,22-23H2,(H,59,60)/p+1. The van der Waals surface area contributed by atoms with Crippen LogP contribution < -0.4 is 24.4 Å². The topological polar surface area (TPSA) is 308 Å². The van der Waals surface area contributed by atoms with E-state index < -0.39 is 89.0 Å². The summed E-state index contributed by atoms with van der Waals surface area (Å²) in [6.07, 6.45) is 3.41. The summed E-state index contributed by atoms with van der Waals surface area (Å²) in [7, 11) is 0. The first-order chi connectivity index (χ1) is 32.6. The Bertz CT molecular complexity index is 2720. The fourth-order valence-electron chi connectivity index (χ4n) is 11.2. The molecule has 2 saturated carbocycles. The summed E-state index contributed by atoms with van der Waals surface area (Å²) >= 11 is 0. The van der Waals surface area contributed by atoms with Gasteiger partial charge in [0.2, 0.25) is 12.0 Å². The van der Waals surface area contributed by atoms with E-state index in [1.807, 2.05) is 6.07 Å². The zero-order valence-corrected chi connectivity index (χ0v) is 36.5. The second-order valence-electron chi connectivity index (χ2n) is 18.4. The van der Waals surface area contributed by atoms with Crippen LogP contribution in [0.5, 0.6) is 34.5 Å². The van der Waals surface area contributed by atoms with Crippen LogP contribution >= 0.6 is 0 Å². The molecule has 19 heteroatoms. The molecule has 10 rings (SSSR count). The Morgan fingerprint density at radius 1 is 0.985 bits per heavy atom. The summed E-state index contributed by atoms with van der Waals surface area (Å²) in [5.41, 5.74) is -5.57. The molecule has 0 radical (unpaired) electrons. The first-order valence-electron chi connectivity index (χ1n) is 22.4. The number of aliphatic imine (C=N–C) groups is 3. The number of aliphatic hydroxyl groups is 6. The van der Waals surface area contributed by atoms with Gasteiger partial charge in [-0.2, -0.15) is 0 Å². The average Bonchev–Trinajstić information content (AvgIpc) is 4.17. The van der Waals surface area contributed by atoms with Gasteiger partial charge in [-0.15, -0.1) is 0 Å². The van der Waals surface area contributed by atoms with Crippen LogP contribution in [0.15, 0.2) is 100.0 Å². The quantitative estimate of drug-likeness (QED) is 0.110. The highest BCUT2D eigenvalue weighted by molar-refractivity contribution is 6.15. The molecule has 10 atom stereocenters. The number of fused-ring (bicyclic) bond motifs is 3. The second kappa shape index (κ2) is 16.9. The van der Waals surface area contributed by atoms with E-state index in [0.717, 1.165) is 44.6 Å². The first-order valence-corrected chi connectivity index (χ1v) is 22.4. The molecule has 0 amide bonds. The number of phenolic OH excluding ortho intramolecular Hbond substituents is 2. The summed E-state index contributed by atoms with van der Waals surface area (Å²) in [6, 6.07) is 14.3. The summed E-state index contributed by atoms with van der Waals surface area (Å²) < 4.78 is 31.9. The van der Waals surface area contributed by atoms with Crippen LogP contribution in [0.25, 0.3) is 5.76 Å². The lowest BCUT2D eigenvalue weighted by molar-refractivity contribution is -0.337. The number of ether oxygens (including phenoxy) is 5. The minimum absolute atomic E-state index is 0.00456. The van der Waals surface area contributed by atoms with Crippen molar-refractivity contribution in [2.24, 2.45) is 26.3 Å². The maximum absolute atomic E-state index is 13.0. The molecule has 10 unspecified atom stereocenters. The Balaban J connectivity index is 1.04. The zero-order valence-electron chi connectivity index (χ0n) is 36.5. The van der Waals surface area contributed by atoms with Crippen molar-refractivity contribution >= 4 is 35.3 Å². The van der Waals surface area contributed by atoms with Crippen molar-refractivity contribution in [1.82, 2.24) is 0 Å². The molecule has 3 aromatic carbocycles. The van der Waals surface area contributed by atoms with Crippen molar-refractivity contribution in [3.05, 3.63) is 102 Å². The maximum Gasteiger partial charge on any atom is 0.336 e. The number of nitrogens with two attached hydrogens (primary N) is 1. The Labute approximate surface area is 388 Å². The molecular formula is C49H51N4O15+. The number of hydrogen-bond donors (Lipinski definition) is 10. The molecule has 1 saturated heterocycles. The molecule has 1 spiro atoms. The Kier molecular flexibility index (Phi) is 11.2. The van der Waals surface area contributed by atoms with E-state index in [2.05, 4.69) is 15.0 Å². The largest absolute Gasteiger partial charge is 0.508 e.